The van der Waals surface area contributed by atoms with Gasteiger partial charge in [-0.2, -0.15) is 0 Å². The molecule has 2 rings (SSSR count). The van der Waals surface area contributed by atoms with Crippen molar-refractivity contribution in [1.82, 2.24) is 0 Å². The van der Waals surface area contributed by atoms with E-state index >= 15 is 0 Å². The lowest BCUT2D eigenvalue weighted by atomic mass is 9.77. The molecule has 13 heavy (non-hydrogen) atoms. The molecule has 0 amide bonds. The summed E-state index contributed by atoms with van der Waals surface area (Å²) < 4.78 is 0. The van der Waals surface area contributed by atoms with Gasteiger partial charge in [0.1, 0.15) is 0 Å². The van der Waals surface area contributed by atoms with E-state index in [1.165, 1.54) is 25.7 Å². The van der Waals surface area contributed by atoms with Crippen LogP contribution in [0, 0.1) is 5.41 Å². The van der Waals surface area contributed by atoms with Gasteiger partial charge in [0.05, 0.1) is 0 Å². The first-order valence-corrected chi connectivity index (χ1v) is 5.03. The summed E-state index contributed by atoms with van der Waals surface area (Å²) in [5, 5.41) is 0. The molecule has 0 saturated carbocycles. The summed E-state index contributed by atoms with van der Waals surface area (Å²) in [5.41, 5.74) is 1.47. The maximum atomic E-state index is 3.93. The summed E-state index contributed by atoms with van der Waals surface area (Å²) in [7, 11) is 0. The third-order valence-electron chi connectivity index (χ3n) is 2.98. The summed E-state index contributed by atoms with van der Waals surface area (Å²) in [4.78, 5) is 0. The Bertz CT molecular complexity index is 261. The van der Waals surface area contributed by atoms with E-state index in [1.807, 2.05) is 0 Å². The molecule has 0 N–H and O–H groups in total. The van der Waals surface area contributed by atoms with Crippen molar-refractivity contribution in [3.8, 4) is 0 Å². The van der Waals surface area contributed by atoms with E-state index in [0.717, 1.165) is 5.57 Å². The molecule has 0 heteroatoms. The molecule has 0 heterocycles. The summed E-state index contributed by atoms with van der Waals surface area (Å²) in [6.45, 7) is 3.93. The molecule has 0 nitrogen and oxygen atoms in total. The van der Waals surface area contributed by atoms with Crippen molar-refractivity contribution in [2.75, 3.05) is 0 Å². The molecule has 68 valence electrons. The fourth-order valence-corrected chi connectivity index (χ4v) is 2.06. The molecule has 1 spiro atoms. The Morgan fingerprint density at radius 3 is 2.08 bits per heavy atom. The average molecular weight is 172 g/mol. The van der Waals surface area contributed by atoms with Crippen LogP contribution < -0.4 is 0 Å². The zero-order valence-corrected chi connectivity index (χ0v) is 8.00. The van der Waals surface area contributed by atoms with Crippen molar-refractivity contribution in [1.29, 1.82) is 0 Å². The van der Waals surface area contributed by atoms with Crippen molar-refractivity contribution in [3.63, 3.8) is 0 Å². The predicted octanol–water partition coefficient (Wildman–Crippen LogP) is 3.79. The monoisotopic (exact) mass is 172 g/mol. The zero-order chi connectivity index (χ0) is 9.15. The molecular weight excluding hydrogens is 156 g/mol. The second-order valence-electron chi connectivity index (χ2n) is 4.02. The van der Waals surface area contributed by atoms with Crippen molar-refractivity contribution < 1.29 is 0 Å². The Morgan fingerprint density at radius 2 is 1.54 bits per heavy atom. The van der Waals surface area contributed by atoms with Crippen molar-refractivity contribution >= 4 is 0 Å². The highest BCUT2D eigenvalue weighted by atomic mass is 14.3. The first-order chi connectivity index (χ1) is 6.31. The van der Waals surface area contributed by atoms with Gasteiger partial charge in [0.2, 0.25) is 0 Å². The van der Waals surface area contributed by atoms with Crippen LogP contribution in [-0.2, 0) is 0 Å². The standard InChI is InChI=1S/C13H16/c1-12-6-10-13(11-7-12)8-4-2-3-5-9-13/h2-3,6-7,10-11H,1,4-5,8-9H2. The van der Waals surface area contributed by atoms with Crippen molar-refractivity contribution in [3.05, 3.63) is 48.6 Å². The molecule has 0 aromatic carbocycles. The van der Waals surface area contributed by atoms with Crippen LogP contribution in [0.2, 0.25) is 0 Å². The van der Waals surface area contributed by atoms with Crippen LogP contribution in [0.3, 0.4) is 0 Å². The quantitative estimate of drug-likeness (QED) is 0.488. The summed E-state index contributed by atoms with van der Waals surface area (Å²) >= 11 is 0. The first-order valence-electron chi connectivity index (χ1n) is 5.03. The molecule has 0 atom stereocenters. The van der Waals surface area contributed by atoms with Crippen LogP contribution in [-0.4, -0.2) is 0 Å². The van der Waals surface area contributed by atoms with Gasteiger partial charge in [-0.25, -0.2) is 0 Å². The van der Waals surface area contributed by atoms with E-state index in [2.05, 4.69) is 43.0 Å². The summed E-state index contributed by atoms with van der Waals surface area (Å²) in [6, 6.07) is 0. The number of hydrogen-bond acceptors (Lipinski definition) is 0. The number of allylic oxidation sites excluding steroid dienone is 7. The molecule has 0 aromatic rings. The van der Waals surface area contributed by atoms with E-state index in [4.69, 9.17) is 0 Å². The largest absolute Gasteiger partial charge is 0.0918 e. The fourth-order valence-electron chi connectivity index (χ4n) is 2.06. The van der Waals surface area contributed by atoms with E-state index in [1.54, 1.807) is 0 Å². The van der Waals surface area contributed by atoms with Crippen LogP contribution in [0.1, 0.15) is 25.7 Å². The number of rotatable bonds is 0. The smallest absolute Gasteiger partial charge is 0.00734 e. The topological polar surface area (TPSA) is 0 Å². The molecule has 0 unspecified atom stereocenters. The molecular formula is C13H16. The van der Waals surface area contributed by atoms with Crippen molar-refractivity contribution in [2.24, 2.45) is 5.41 Å². The van der Waals surface area contributed by atoms with Gasteiger partial charge in [-0.3, -0.25) is 0 Å². The molecule has 0 aromatic heterocycles. The maximum Gasteiger partial charge on any atom is 0.00734 e. The molecule has 0 bridgehead atoms. The van der Waals surface area contributed by atoms with Gasteiger partial charge in [0.15, 0.2) is 0 Å². The van der Waals surface area contributed by atoms with E-state index in [-0.39, 0.29) is 0 Å². The second kappa shape index (κ2) is 3.37. The Labute approximate surface area is 80.3 Å². The molecule has 0 aliphatic heterocycles. The van der Waals surface area contributed by atoms with Crippen molar-refractivity contribution in [2.45, 2.75) is 25.7 Å². The Balaban J connectivity index is 2.17. The van der Waals surface area contributed by atoms with Gasteiger partial charge in [0, 0.05) is 5.41 Å². The van der Waals surface area contributed by atoms with E-state index < -0.39 is 0 Å². The molecule has 2 aliphatic rings. The molecule has 0 fully saturated rings. The lowest BCUT2D eigenvalue weighted by Crippen LogP contribution is -2.15. The lowest BCUT2D eigenvalue weighted by molar-refractivity contribution is 0.428. The summed E-state index contributed by atoms with van der Waals surface area (Å²) in [6.07, 6.45) is 18.5. The molecule has 0 radical (unpaired) electrons. The maximum absolute atomic E-state index is 3.93. The normalized spacial score (nSPS) is 25.1. The van der Waals surface area contributed by atoms with Gasteiger partial charge >= 0.3 is 0 Å². The van der Waals surface area contributed by atoms with Crippen LogP contribution >= 0.6 is 0 Å². The second-order valence-corrected chi connectivity index (χ2v) is 4.02. The highest BCUT2D eigenvalue weighted by Crippen LogP contribution is 2.38. The van der Waals surface area contributed by atoms with E-state index in [9.17, 15) is 0 Å². The Kier molecular flexibility index (Phi) is 2.22. The number of hydrogen-bond donors (Lipinski definition) is 0. The van der Waals surface area contributed by atoms with Gasteiger partial charge in [-0.15, -0.1) is 0 Å². The average Bonchev–Trinajstić information content (AvgIpc) is 2.37. The molecule has 2 aliphatic carbocycles. The van der Waals surface area contributed by atoms with Crippen LogP contribution in [0.4, 0.5) is 0 Å². The van der Waals surface area contributed by atoms with Gasteiger partial charge in [-0.05, 0) is 31.3 Å². The minimum atomic E-state index is 0.338. The third kappa shape index (κ3) is 1.82. The van der Waals surface area contributed by atoms with E-state index in [0.29, 0.717) is 5.41 Å². The highest BCUT2D eigenvalue weighted by molar-refractivity contribution is 5.36. The van der Waals surface area contributed by atoms with Gasteiger partial charge in [-0.1, -0.05) is 43.0 Å². The first kappa shape index (κ1) is 8.55. The fraction of sp³-hybridized carbons (Fsp3) is 0.385. The van der Waals surface area contributed by atoms with Crippen LogP contribution in [0.15, 0.2) is 48.6 Å². The minimum Gasteiger partial charge on any atom is -0.0918 e. The summed E-state index contributed by atoms with van der Waals surface area (Å²) in [5.74, 6) is 0. The van der Waals surface area contributed by atoms with Gasteiger partial charge < -0.3 is 0 Å². The lowest BCUT2D eigenvalue weighted by Gasteiger charge is -2.27. The SMILES string of the molecule is C=C1C=CC2(C=C1)CCC=CCC2. The predicted molar refractivity (Wildman–Crippen MR) is 57.5 cm³/mol. The minimum absolute atomic E-state index is 0.338. The van der Waals surface area contributed by atoms with Gasteiger partial charge in [0.25, 0.3) is 0 Å². The Morgan fingerprint density at radius 1 is 1.00 bits per heavy atom. The third-order valence-corrected chi connectivity index (χ3v) is 2.98. The molecule has 0 saturated heterocycles. The zero-order valence-electron chi connectivity index (χ0n) is 8.00. The van der Waals surface area contributed by atoms with Crippen LogP contribution in [0.5, 0.6) is 0 Å². The van der Waals surface area contributed by atoms with Crippen LogP contribution in [0.25, 0.3) is 0 Å². The highest BCUT2D eigenvalue weighted by Gasteiger charge is 2.24. The Hall–Kier alpha value is -1.04.